The van der Waals surface area contributed by atoms with Gasteiger partial charge in [0.05, 0.1) is 36.8 Å². The molecule has 1 saturated heterocycles. The first-order valence-corrected chi connectivity index (χ1v) is 18.5. The van der Waals surface area contributed by atoms with Gasteiger partial charge in [-0.25, -0.2) is 0 Å². The zero-order valence-corrected chi connectivity index (χ0v) is 29.3. The van der Waals surface area contributed by atoms with E-state index in [0.717, 1.165) is 32.7 Å². The van der Waals surface area contributed by atoms with Crippen molar-refractivity contribution in [3.05, 3.63) is 105 Å². The Morgan fingerprint density at radius 2 is 1.63 bits per heavy atom. The van der Waals surface area contributed by atoms with E-state index in [1.54, 1.807) is 56.3 Å². The Kier molecular flexibility index (Phi) is 7.69. The Morgan fingerprint density at radius 3 is 2.39 bits per heavy atom. The molecule has 3 fully saturated rings. The summed E-state index contributed by atoms with van der Waals surface area (Å²) in [4.78, 5) is 58.9. The number of aromatic amines is 1. The molecule has 9 rings (SSSR count). The summed E-state index contributed by atoms with van der Waals surface area (Å²) < 4.78 is 17.0. The van der Waals surface area contributed by atoms with Gasteiger partial charge in [0.1, 0.15) is 5.75 Å². The number of imide groups is 1. The number of thioether (sulfide) groups is 1. The molecule has 6 unspecified atom stereocenters. The van der Waals surface area contributed by atoms with Crippen LogP contribution in [0.15, 0.2) is 94.7 Å². The van der Waals surface area contributed by atoms with E-state index in [0.29, 0.717) is 28.6 Å². The van der Waals surface area contributed by atoms with Crippen LogP contribution in [0.2, 0.25) is 0 Å². The molecule has 2 aliphatic carbocycles. The highest BCUT2D eigenvalue weighted by molar-refractivity contribution is 8.00. The Labute approximate surface area is 301 Å². The molecular formula is C39H33N3O7S2. The van der Waals surface area contributed by atoms with E-state index in [1.807, 2.05) is 54.6 Å². The second-order valence-electron chi connectivity index (χ2n) is 13.5. The molecule has 4 aliphatic rings. The average Bonchev–Trinajstić information content (AvgIpc) is 3.89. The molecule has 12 heteroatoms. The van der Waals surface area contributed by atoms with E-state index in [2.05, 4.69) is 10.3 Å². The maximum Gasteiger partial charge on any atom is 0.305 e. The van der Waals surface area contributed by atoms with Gasteiger partial charge in [0.15, 0.2) is 18.1 Å². The number of carbonyl (C=O) groups is 3. The van der Waals surface area contributed by atoms with E-state index < -0.39 is 11.8 Å². The number of carbonyl (C=O) groups excluding carboxylic acids is 3. The van der Waals surface area contributed by atoms with Crippen LogP contribution in [0, 0.1) is 29.6 Å². The molecule has 258 valence electrons. The molecule has 3 heterocycles. The smallest absolute Gasteiger partial charge is 0.305 e. The predicted octanol–water partition coefficient (Wildman–Crippen LogP) is 6.30. The summed E-state index contributed by atoms with van der Waals surface area (Å²) in [6, 6.07) is 26.4. The van der Waals surface area contributed by atoms with Crippen LogP contribution >= 0.6 is 23.1 Å². The number of hydrogen-bond acceptors (Lipinski definition) is 9. The van der Waals surface area contributed by atoms with Crippen LogP contribution in [0.4, 0.5) is 11.4 Å². The van der Waals surface area contributed by atoms with Crippen LogP contribution in [-0.4, -0.2) is 48.8 Å². The Hall–Kier alpha value is -5.07. The van der Waals surface area contributed by atoms with Crippen molar-refractivity contribution in [2.24, 2.45) is 29.6 Å². The van der Waals surface area contributed by atoms with Crippen LogP contribution in [0.5, 0.6) is 17.2 Å². The first-order chi connectivity index (χ1) is 24.8. The molecule has 3 amide bonds. The van der Waals surface area contributed by atoms with Crippen molar-refractivity contribution < 1.29 is 28.6 Å². The Morgan fingerprint density at radius 1 is 0.863 bits per heavy atom. The molecule has 2 bridgehead atoms. The van der Waals surface area contributed by atoms with Gasteiger partial charge in [-0.15, -0.1) is 11.8 Å². The summed E-state index contributed by atoms with van der Waals surface area (Å²) in [6.07, 6.45) is 0.784. The normalized spacial score (nSPS) is 25.8. The minimum absolute atomic E-state index is 0.000585. The molecule has 1 aromatic heterocycles. The number of hydrogen-bond donors (Lipinski definition) is 2. The number of fused-ring (bicyclic) bond motifs is 10. The van der Waals surface area contributed by atoms with Gasteiger partial charge < -0.3 is 24.5 Å². The number of rotatable bonds is 8. The molecule has 2 saturated carbocycles. The van der Waals surface area contributed by atoms with Gasteiger partial charge in [-0.3, -0.25) is 24.1 Å². The fraction of sp³-hybridized carbons (Fsp3) is 0.282. The third-order valence-corrected chi connectivity index (χ3v) is 13.6. The van der Waals surface area contributed by atoms with Gasteiger partial charge >= 0.3 is 4.87 Å². The third kappa shape index (κ3) is 5.14. The van der Waals surface area contributed by atoms with E-state index in [4.69, 9.17) is 14.2 Å². The van der Waals surface area contributed by atoms with Gasteiger partial charge in [-0.1, -0.05) is 47.7 Å². The molecule has 2 N–H and O–H groups in total. The molecule has 7 atom stereocenters. The zero-order valence-electron chi connectivity index (χ0n) is 27.7. The highest BCUT2D eigenvalue weighted by atomic mass is 32.2. The van der Waals surface area contributed by atoms with Crippen molar-refractivity contribution in [1.29, 1.82) is 0 Å². The monoisotopic (exact) mass is 719 g/mol. The highest BCUT2D eigenvalue weighted by Crippen LogP contribution is 2.68. The lowest BCUT2D eigenvalue weighted by atomic mass is 9.68. The topological polar surface area (TPSA) is 127 Å². The van der Waals surface area contributed by atoms with E-state index >= 15 is 0 Å². The number of thiazole rings is 1. The molecular weight excluding hydrogens is 687 g/mol. The minimum atomic E-state index is -0.420. The Bertz CT molecular complexity index is 2280. The minimum Gasteiger partial charge on any atom is -0.497 e. The molecule has 0 spiro atoms. The number of anilines is 2. The summed E-state index contributed by atoms with van der Waals surface area (Å²) in [5.41, 5.74) is 2.17. The number of methoxy groups -OCH3 is 2. The second-order valence-corrected chi connectivity index (χ2v) is 15.7. The fourth-order valence-corrected chi connectivity index (χ4v) is 11.9. The summed E-state index contributed by atoms with van der Waals surface area (Å²) in [6.45, 7) is -0.218. The molecule has 0 radical (unpaired) electrons. The van der Waals surface area contributed by atoms with Crippen LogP contribution in [0.3, 0.4) is 0 Å². The maximum absolute atomic E-state index is 14.1. The van der Waals surface area contributed by atoms with E-state index in [9.17, 15) is 19.2 Å². The lowest BCUT2D eigenvalue weighted by Crippen LogP contribution is -2.42. The number of nitrogens with one attached hydrogen (secondary N) is 2. The fourth-order valence-electron chi connectivity index (χ4n) is 8.98. The molecule has 2 aliphatic heterocycles. The van der Waals surface area contributed by atoms with Crippen molar-refractivity contribution in [2.75, 3.05) is 31.0 Å². The van der Waals surface area contributed by atoms with Gasteiger partial charge in [-0.05, 0) is 89.0 Å². The molecule has 10 nitrogen and oxygen atoms in total. The quantitative estimate of drug-likeness (QED) is 0.179. The molecule has 5 aromatic rings. The first kappa shape index (κ1) is 31.9. The highest BCUT2D eigenvalue weighted by Gasteiger charge is 2.69. The predicted molar refractivity (Wildman–Crippen MR) is 195 cm³/mol. The van der Waals surface area contributed by atoms with Crippen molar-refractivity contribution >= 4 is 63.0 Å². The number of H-pyrrole nitrogens is 1. The number of benzene rings is 4. The van der Waals surface area contributed by atoms with E-state index in [-0.39, 0.29) is 58.1 Å². The van der Waals surface area contributed by atoms with Gasteiger partial charge in [0.2, 0.25) is 11.8 Å². The molecule has 51 heavy (non-hydrogen) atoms. The van der Waals surface area contributed by atoms with Crippen molar-refractivity contribution in [2.45, 2.75) is 22.6 Å². The summed E-state index contributed by atoms with van der Waals surface area (Å²) in [7, 11) is 3.13. The van der Waals surface area contributed by atoms with Gasteiger partial charge in [0, 0.05) is 21.7 Å². The SMILES string of the molecule is COc1ccc(N2C(=O)C3C4CC(C3C2=O)C2C4Sc3[nH]c(=O)sc3[C@@H]2c2ccc(OCC(=O)Nc3ccc4ccccc4c3)c(OC)c2)cc1. The van der Waals surface area contributed by atoms with Crippen molar-refractivity contribution in [3.63, 3.8) is 0 Å². The number of ether oxygens (including phenoxy) is 3. The first-order valence-electron chi connectivity index (χ1n) is 16.8. The van der Waals surface area contributed by atoms with Gasteiger partial charge in [-0.2, -0.15) is 0 Å². The number of nitrogens with zero attached hydrogens (tertiary/aromatic N) is 1. The van der Waals surface area contributed by atoms with Crippen molar-refractivity contribution in [3.8, 4) is 17.2 Å². The maximum atomic E-state index is 14.1. The number of amides is 3. The summed E-state index contributed by atoms with van der Waals surface area (Å²) in [5.74, 6) is -0.0812. The van der Waals surface area contributed by atoms with Crippen molar-refractivity contribution in [1.82, 2.24) is 4.98 Å². The zero-order chi connectivity index (χ0) is 35.0. The lowest BCUT2D eigenvalue weighted by molar-refractivity contribution is -0.123. The average molecular weight is 720 g/mol. The van der Waals surface area contributed by atoms with E-state index in [1.165, 1.54) is 16.2 Å². The van der Waals surface area contributed by atoms with Gasteiger partial charge in [0.25, 0.3) is 5.91 Å². The van der Waals surface area contributed by atoms with Crippen LogP contribution in [-0.2, 0) is 14.4 Å². The summed E-state index contributed by atoms with van der Waals surface area (Å²) in [5, 5.41) is 5.89. The van der Waals surface area contributed by atoms with Crippen LogP contribution in [0.1, 0.15) is 22.8 Å². The largest absolute Gasteiger partial charge is 0.497 e. The Balaban J connectivity index is 0.986. The summed E-state index contributed by atoms with van der Waals surface area (Å²) >= 11 is 2.84. The standard InChI is InChI=1S/C39H33N3O7S2/c1-47-24-12-10-23(11-13-24)42-37(44)32-25-17-26(33(32)38(42)45)34-31(25)30(35-36(50-34)41-39(46)51-35)21-8-14-27(28(16-21)48-2)49-18-29(43)40-22-9-7-19-5-3-4-6-20(19)15-22/h3-16,25-26,30-34H,17-18H2,1-2H3,(H,40,43)(H,41,46)/t25?,26?,30-,31?,32?,33?,34?/m1/s1. The lowest BCUT2D eigenvalue weighted by Gasteiger charge is -2.43. The third-order valence-electron chi connectivity index (χ3n) is 11.0. The second kappa shape index (κ2) is 12.3. The molecule has 4 aromatic carbocycles. The van der Waals surface area contributed by atoms with Crippen LogP contribution in [0.25, 0.3) is 10.8 Å². The van der Waals surface area contributed by atoms with Crippen LogP contribution < -0.4 is 29.3 Å². The number of aromatic nitrogens is 1.